The van der Waals surface area contributed by atoms with Crippen LogP contribution in [0, 0.1) is 5.82 Å². The van der Waals surface area contributed by atoms with Crippen LogP contribution < -0.4 is 5.32 Å². The van der Waals surface area contributed by atoms with Gasteiger partial charge in [0.1, 0.15) is 5.82 Å². The summed E-state index contributed by atoms with van der Waals surface area (Å²) in [6.45, 7) is 0.886. The van der Waals surface area contributed by atoms with E-state index in [-0.39, 0.29) is 5.82 Å². The van der Waals surface area contributed by atoms with E-state index in [1.165, 1.54) is 24.1 Å². The van der Waals surface area contributed by atoms with Crippen LogP contribution in [0.4, 0.5) is 4.39 Å². The number of aliphatic hydroxyl groups is 1. The lowest BCUT2D eigenvalue weighted by atomic mass is 9.94. The molecular formula is C15H22FNO2. The average Bonchev–Trinajstić information content (AvgIpc) is 2.86. The Labute approximate surface area is 113 Å². The van der Waals surface area contributed by atoms with Gasteiger partial charge in [0, 0.05) is 19.7 Å². The Morgan fingerprint density at radius 2 is 2.11 bits per heavy atom. The molecule has 0 amide bonds. The molecule has 0 radical (unpaired) electrons. The number of halogens is 1. The first-order chi connectivity index (χ1) is 9.20. The highest BCUT2D eigenvalue weighted by molar-refractivity contribution is 5.23. The van der Waals surface area contributed by atoms with Crippen molar-refractivity contribution in [2.75, 3.05) is 20.3 Å². The first-order valence-corrected chi connectivity index (χ1v) is 6.86. The molecule has 1 aliphatic rings. The molecule has 1 aliphatic carbocycles. The van der Waals surface area contributed by atoms with Gasteiger partial charge in [0.25, 0.3) is 0 Å². The van der Waals surface area contributed by atoms with E-state index in [1.54, 1.807) is 7.11 Å². The molecule has 2 rings (SSSR count). The third-order valence-electron chi connectivity index (χ3n) is 3.79. The molecule has 0 aromatic heterocycles. The topological polar surface area (TPSA) is 41.5 Å². The van der Waals surface area contributed by atoms with Crippen molar-refractivity contribution in [3.63, 3.8) is 0 Å². The lowest BCUT2D eigenvalue weighted by molar-refractivity contribution is 0.0624. The van der Waals surface area contributed by atoms with E-state index >= 15 is 0 Å². The second-order valence-electron chi connectivity index (χ2n) is 5.21. The molecule has 1 aromatic carbocycles. The van der Waals surface area contributed by atoms with Crippen LogP contribution in [0.3, 0.4) is 0 Å². The van der Waals surface area contributed by atoms with E-state index in [0.29, 0.717) is 25.1 Å². The molecule has 0 heterocycles. The lowest BCUT2D eigenvalue weighted by Crippen LogP contribution is -2.38. The van der Waals surface area contributed by atoms with Crippen molar-refractivity contribution < 1.29 is 14.2 Å². The number of aliphatic hydroxyl groups excluding tert-OH is 1. The Morgan fingerprint density at radius 1 is 1.37 bits per heavy atom. The molecule has 0 spiro atoms. The molecule has 0 bridgehead atoms. The summed E-state index contributed by atoms with van der Waals surface area (Å²) in [7, 11) is 1.58. The van der Waals surface area contributed by atoms with E-state index in [1.807, 2.05) is 12.1 Å². The number of benzene rings is 1. The van der Waals surface area contributed by atoms with E-state index in [0.717, 1.165) is 12.8 Å². The number of methoxy groups -OCH3 is 1. The highest BCUT2D eigenvalue weighted by Crippen LogP contribution is 2.34. The van der Waals surface area contributed by atoms with Crippen molar-refractivity contribution in [2.24, 2.45) is 0 Å². The van der Waals surface area contributed by atoms with Crippen LogP contribution in [-0.2, 0) is 4.74 Å². The van der Waals surface area contributed by atoms with Gasteiger partial charge in [0.2, 0.25) is 0 Å². The van der Waals surface area contributed by atoms with Crippen LogP contribution in [-0.4, -0.2) is 37.5 Å². The molecule has 3 unspecified atom stereocenters. The molecule has 2 N–H and O–H groups in total. The molecule has 3 atom stereocenters. The van der Waals surface area contributed by atoms with Crippen molar-refractivity contribution in [2.45, 2.75) is 37.3 Å². The summed E-state index contributed by atoms with van der Waals surface area (Å²) in [5, 5.41) is 13.1. The molecule has 1 aromatic rings. The van der Waals surface area contributed by atoms with Crippen molar-refractivity contribution in [3.8, 4) is 0 Å². The summed E-state index contributed by atoms with van der Waals surface area (Å²) in [6.07, 6.45) is 2.91. The molecule has 0 saturated heterocycles. The Hall–Kier alpha value is -0.970. The quantitative estimate of drug-likeness (QED) is 0.829. The largest absolute Gasteiger partial charge is 0.389 e. The maximum Gasteiger partial charge on any atom is 0.123 e. The van der Waals surface area contributed by atoms with Gasteiger partial charge in [-0.1, -0.05) is 18.6 Å². The van der Waals surface area contributed by atoms with Crippen LogP contribution in [0.1, 0.15) is 30.7 Å². The van der Waals surface area contributed by atoms with Crippen LogP contribution in [0.2, 0.25) is 0 Å². The Kier molecular flexibility index (Phi) is 5.31. The van der Waals surface area contributed by atoms with Crippen molar-refractivity contribution >= 4 is 0 Å². The Bertz CT molecular complexity index is 382. The highest BCUT2D eigenvalue weighted by atomic mass is 19.1. The molecule has 19 heavy (non-hydrogen) atoms. The maximum absolute atomic E-state index is 12.9. The Morgan fingerprint density at radius 3 is 2.79 bits per heavy atom. The second kappa shape index (κ2) is 6.98. The van der Waals surface area contributed by atoms with Crippen molar-refractivity contribution in [3.05, 3.63) is 35.6 Å². The summed E-state index contributed by atoms with van der Waals surface area (Å²) in [5.41, 5.74) is 1.18. The summed E-state index contributed by atoms with van der Waals surface area (Å²) >= 11 is 0. The van der Waals surface area contributed by atoms with E-state index in [2.05, 4.69) is 5.32 Å². The van der Waals surface area contributed by atoms with E-state index in [9.17, 15) is 9.50 Å². The molecule has 1 saturated carbocycles. The molecule has 0 aliphatic heterocycles. The van der Waals surface area contributed by atoms with Gasteiger partial charge in [-0.2, -0.15) is 0 Å². The fraction of sp³-hybridized carbons (Fsp3) is 0.600. The number of hydrogen-bond donors (Lipinski definition) is 2. The first kappa shape index (κ1) is 14.4. The third-order valence-corrected chi connectivity index (χ3v) is 3.79. The highest BCUT2D eigenvalue weighted by Gasteiger charge is 2.28. The van der Waals surface area contributed by atoms with Crippen LogP contribution >= 0.6 is 0 Å². The van der Waals surface area contributed by atoms with Gasteiger partial charge in [-0.3, -0.25) is 0 Å². The van der Waals surface area contributed by atoms with Gasteiger partial charge in [-0.05, 0) is 36.5 Å². The van der Waals surface area contributed by atoms with Crippen LogP contribution in [0.5, 0.6) is 0 Å². The van der Waals surface area contributed by atoms with Gasteiger partial charge in [-0.15, -0.1) is 0 Å². The minimum absolute atomic E-state index is 0.193. The summed E-state index contributed by atoms with van der Waals surface area (Å²) in [6, 6.07) is 7.13. The second-order valence-corrected chi connectivity index (χ2v) is 5.21. The summed E-state index contributed by atoms with van der Waals surface area (Å²) in [4.78, 5) is 0. The first-order valence-electron chi connectivity index (χ1n) is 6.86. The summed E-state index contributed by atoms with van der Waals surface area (Å²) in [5.74, 6) is 0.220. The average molecular weight is 267 g/mol. The van der Waals surface area contributed by atoms with Crippen molar-refractivity contribution in [1.82, 2.24) is 5.32 Å². The molecule has 1 fully saturated rings. The van der Waals surface area contributed by atoms with Gasteiger partial charge >= 0.3 is 0 Å². The predicted molar refractivity (Wildman–Crippen MR) is 72.7 cm³/mol. The fourth-order valence-corrected chi connectivity index (χ4v) is 2.85. The van der Waals surface area contributed by atoms with E-state index < -0.39 is 6.10 Å². The van der Waals surface area contributed by atoms with Gasteiger partial charge in [0.05, 0.1) is 12.7 Å². The molecular weight excluding hydrogens is 245 g/mol. The standard InChI is InChI=1S/C15H22FNO2/c1-19-10-13(18)9-17-15-4-2-3-14(15)11-5-7-12(16)8-6-11/h5-8,13-15,17-18H,2-4,9-10H2,1H3. The minimum Gasteiger partial charge on any atom is -0.389 e. The zero-order valence-electron chi connectivity index (χ0n) is 11.3. The maximum atomic E-state index is 12.9. The number of ether oxygens (including phenoxy) is 1. The fourth-order valence-electron chi connectivity index (χ4n) is 2.85. The summed E-state index contributed by atoms with van der Waals surface area (Å²) < 4.78 is 17.9. The molecule has 3 nitrogen and oxygen atoms in total. The Balaban J connectivity index is 1.91. The smallest absolute Gasteiger partial charge is 0.123 e. The van der Waals surface area contributed by atoms with Crippen LogP contribution in [0.25, 0.3) is 0 Å². The lowest BCUT2D eigenvalue weighted by Gasteiger charge is -2.23. The minimum atomic E-state index is -0.473. The predicted octanol–water partition coefficient (Wildman–Crippen LogP) is 2.06. The number of hydrogen-bond acceptors (Lipinski definition) is 3. The third kappa shape index (κ3) is 4.00. The normalized spacial score (nSPS) is 24.6. The number of rotatable bonds is 6. The van der Waals surface area contributed by atoms with Crippen molar-refractivity contribution in [1.29, 1.82) is 0 Å². The van der Waals surface area contributed by atoms with Crippen LogP contribution in [0.15, 0.2) is 24.3 Å². The zero-order valence-corrected chi connectivity index (χ0v) is 11.3. The molecule has 106 valence electrons. The monoisotopic (exact) mass is 267 g/mol. The van der Waals surface area contributed by atoms with Gasteiger partial charge in [0.15, 0.2) is 0 Å². The van der Waals surface area contributed by atoms with Gasteiger partial charge in [-0.25, -0.2) is 4.39 Å². The SMILES string of the molecule is COCC(O)CNC1CCCC1c1ccc(F)cc1. The van der Waals surface area contributed by atoms with E-state index in [4.69, 9.17) is 4.74 Å². The molecule has 4 heteroatoms. The zero-order chi connectivity index (χ0) is 13.7. The number of nitrogens with one attached hydrogen (secondary N) is 1. The van der Waals surface area contributed by atoms with Gasteiger partial charge < -0.3 is 15.2 Å².